The summed E-state index contributed by atoms with van der Waals surface area (Å²) in [6.45, 7) is 0. The predicted octanol–water partition coefficient (Wildman–Crippen LogP) is 5.24. The minimum Gasteiger partial charge on any atom is -0.496 e. The van der Waals surface area contributed by atoms with Crippen molar-refractivity contribution >= 4 is 54.8 Å². The van der Waals surface area contributed by atoms with Gasteiger partial charge in [0.1, 0.15) is 10.1 Å². The van der Waals surface area contributed by atoms with Gasteiger partial charge in [-0.05, 0) is 41.2 Å². The Morgan fingerprint density at radius 3 is 2.58 bits per heavy atom. The zero-order valence-electron chi connectivity index (χ0n) is 10.3. The average molecular weight is 426 g/mol. The Morgan fingerprint density at radius 1 is 1.32 bits per heavy atom. The molecule has 0 radical (unpaired) electrons. The largest absolute Gasteiger partial charge is 0.496 e. The summed E-state index contributed by atoms with van der Waals surface area (Å²) in [5.74, 6) is 0.842. The van der Waals surface area contributed by atoms with Gasteiger partial charge in [-0.15, -0.1) is 11.3 Å². The van der Waals surface area contributed by atoms with Gasteiger partial charge in [-0.3, -0.25) is 0 Å². The summed E-state index contributed by atoms with van der Waals surface area (Å²) in [6, 6.07) is 8.11. The molecule has 0 bridgehead atoms. The van der Waals surface area contributed by atoms with Crippen LogP contribution < -0.4 is 10.1 Å². The molecular weight excluding hydrogens is 413 g/mol. The van der Waals surface area contributed by atoms with Crippen LogP contribution in [0.25, 0.3) is 0 Å². The van der Waals surface area contributed by atoms with Crippen LogP contribution in [0.1, 0.15) is 16.5 Å². The first-order valence-corrected chi connectivity index (χ1v) is 8.30. The molecule has 0 saturated carbocycles. The van der Waals surface area contributed by atoms with Crippen LogP contribution in [0, 0.1) is 0 Å². The molecule has 1 N–H and O–H groups in total. The third-order valence-electron chi connectivity index (χ3n) is 2.74. The van der Waals surface area contributed by atoms with Gasteiger partial charge < -0.3 is 10.1 Å². The van der Waals surface area contributed by atoms with Gasteiger partial charge in [-0.1, -0.05) is 33.6 Å². The smallest absolute Gasteiger partial charge is 0.125 e. The number of hydrogen-bond donors (Lipinski definition) is 1. The van der Waals surface area contributed by atoms with Crippen molar-refractivity contribution in [2.24, 2.45) is 0 Å². The molecule has 1 heterocycles. The van der Waals surface area contributed by atoms with Crippen molar-refractivity contribution in [3.8, 4) is 5.75 Å². The van der Waals surface area contributed by atoms with E-state index in [1.54, 1.807) is 18.4 Å². The first-order valence-electron chi connectivity index (χ1n) is 5.52. The Balaban J connectivity index is 2.47. The molecule has 0 spiro atoms. The molecule has 0 saturated heterocycles. The molecule has 1 aromatic heterocycles. The van der Waals surface area contributed by atoms with Crippen LogP contribution in [0.15, 0.2) is 33.2 Å². The lowest BCUT2D eigenvalue weighted by atomic mass is 10.0. The molecule has 19 heavy (non-hydrogen) atoms. The highest BCUT2D eigenvalue weighted by Crippen LogP contribution is 2.39. The molecule has 0 amide bonds. The van der Waals surface area contributed by atoms with E-state index in [9.17, 15) is 0 Å². The van der Waals surface area contributed by atoms with Crippen LogP contribution in [0.2, 0.25) is 4.34 Å². The monoisotopic (exact) mass is 423 g/mol. The number of hydrogen-bond acceptors (Lipinski definition) is 3. The molecule has 0 fully saturated rings. The van der Waals surface area contributed by atoms with Crippen molar-refractivity contribution in [2.75, 3.05) is 14.2 Å². The van der Waals surface area contributed by atoms with Crippen LogP contribution in [-0.2, 0) is 0 Å². The van der Waals surface area contributed by atoms with Crippen LogP contribution in [-0.4, -0.2) is 14.2 Å². The standard InChI is InChI=1S/C13H12Br2ClNOS/c1-17-12(11-6-9(15)13(16)19-11)8-4-3-7(14)5-10(8)18-2/h3-6,12,17H,1-2H3. The van der Waals surface area contributed by atoms with Crippen molar-refractivity contribution < 1.29 is 4.74 Å². The molecule has 0 aliphatic heterocycles. The van der Waals surface area contributed by atoms with Gasteiger partial charge in [0.25, 0.3) is 0 Å². The van der Waals surface area contributed by atoms with Crippen LogP contribution in [0.5, 0.6) is 5.75 Å². The number of rotatable bonds is 4. The Labute approximate surface area is 138 Å². The lowest BCUT2D eigenvalue weighted by Crippen LogP contribution is -2.17. The number of benzene rings is 1. The maximum Gasteiger partial charge on any atom is 0.125 e. The molecule has 2 aromatic rings. The number of halogens is 3. The van der Waals surface area contributed by atoms with Crippen LogP contribution in [0.3, 0.4) is 0 Å². The second kappa shape index (κ2) is 6.59. The quantitative estimate of drug-likeness (QED) is 0.723. The number of nitrogens with one attached hydrogen (secondary N) is 1. The Kier molecular flexibility index (Phi) is 5.31. The second-order valence-electron chi connectivity index (χ2n) is 3.88. The Hall–Kier alpha value is -0.0700. The van der Waals surface area contributed by atoms with E-state index in [1.165, 1.54) is 0 Å². The summed E-state index contributed by atoms with van der Waals surface area (Å²) >= 11 is 14.6. The molecule has 0 aliphatic rings. The summed E-state index contributed by atoms with van der Waals surface area (Å²) in [5, 5.41) is 3.31. The first-order chi connectivity index (χ1) is 9.06. The molecular formula is C13H12Br2ClNOS. The molecule has 102 valence electrons. The van der Waals surface area contributed by atoms with Crippen LogP contribution in [0.4, 0.5) is 0 Å². The first kappa shape index (κ1) is 15.3. The second-order valence-corrected chi connectivity index (χ2v) is 7.33. The van der Waals surface area contributed by atoms with Gasteiger partial charge in [0, 0.05) is 19.4 Å². The highest BCUT2D eigenvalue weighted by atomic mass is 79.9. The van der Waals surface area contributed by atoms with Gasteiger partial charge in [-0.25, -0.2) is 0 Å². The van der Waals surface area contributed by atoms with Gasteiger partial charge in [0.15, 0.2) is 0 Å². The minimum atomic E-state index is 0.0526. The van der Waals surface area contributed by atoms with E-state index < -0.39 is 0 Å². The zero-order chi connectivity index (χ0) is 14.0. The van der Waals surface area contributed by atoms with Gasteiger partial charge >= 0.3 is 0 Å². The van der Waals surface area contributed by atoms with E-state index in [0.29, 0.717) is 0 Å². The van der Waals surface area contributed by atoms with E-state index in [2.05, 4.69) is 37.2 Å². The van der Waals surface area contributed by atoms with Gasteiger partial charge in [0.05, 0.1) is 13.2 Å². The van der Waals surface area contributed by atoms with Crippen molar-refractivity contribution in [2.45, 2.75) is 6.04 Å². The molecule has 1 unspecified atom stereocenters. The van der Waals surface area contributed by atoms with Crippen LogP contribution >= 0.6 is 54.8 Å². The van der Waals surface area contributed by atoms with Crippen molar-refractivity contribution in [3.05, 3.63) is 48.0 Å². The summed E-state index contributed by atoms with van der Waals surface area (Å²) < 4.78 is 8.13. The summed E-state index contributed by atoms with van der Waals surface area (Å²) in [5.41, 5.74) is 1.08. The van der Waals surface area contributed by atoms with Crippen molar-refractivity contribution in [1.29, 1.82) is 0 Å². The molecule has 2 rings (SSSR count). The fourth-order valence-electron chi connectivity index (χ4n) is 1.88. The minimum absolute atomic E-state index is 0.0526. The maximum absolute atomic E-state index is 6.12. The zero-order valence-corrected chi connectivity index (χ0v) is 15.1. The van der Waals surface area contributed by atoms with Gasteiger partial charge in [0.2, 0.25) is 0 Å². The summed E-state index contributed by atoms with van der Waals surface area (Å²) in [7, 11) is 3.60. The van der Waals surface area contributed by atoms with Crippen molar-refractivity contribution in [1.82, 2.24) is 5.32 Å². The third-order valence-corrected chi connectivity index (χ3v) is 5.78. The summed E-state index contributed by atoms with van der Waals surface area (Å²) in [4.78, 5) is 1.14. The van der Waals surface area contributed by atoms with E-state index >= 15 is 0 Å². The lowest BCUT2D eigenvalue weighted by Gasteiger charge is -2.18. The molecule has 1 atom stereocenters. The molecule has 0 aliphatic carbocycles. The van der Waals surface area contributed by atoms with E-state index in [-0.39, 0.29) is 6.04 Å². The molecule has 1 aromatic carbocycles. The van der Waals surface area contributed by atoms with E-state index in [1.807, 2.05) is 31.3 Å². The Bertz CT molecular complexity index is 569. The normalized spacial score (nSPS) is 12.5. The number of thiophene rings is 1. The fourth-order valence-corrected chi connectivity index (χ4v) is 4.09. The predicted molar refractivity (Wildman–Crippen MR) is 88.6 cm³/mol. The van der Waals surface area contributed by atoms with E-state index in [0.717, 1.165) is 29.5 Å². The average Bonchev–Trinajstić information content (AvgIpc) is 2.72. The van der Waals surface area contributed by atoms with E-state index in [4.69, 9.17) is 16.3 Å². The fraction of sp³-hybridized carbons (Fsp3) is 0.231. The molecule has 6 heteroatoms. The topological polar surface area (TPSA) is 21.3 Å². The highest BCUT2D eigenvalue weighted by molar-refractivity contribution is 9.10. The summed E-state index contributed by atoms with van der Waals surface area (Å²) in [6.07, 6.45) is 0. The SMILES string of the molecule is CNC(c1cc(Br)c(Cl)s1)c1ccc(Br)cc1OC. The maximum atomic E-state index is 6.12. The Morgan fingerprint density at radius 2 is 2.05 bits per heavy atom. The lowest BCUT2D eigenvalue weighted by molar-refractivity contribution is 0.405. The number of methoxy groups -OCH3 is 1. The van der Waals surface area contributed by atoms with Gasteiger partial charge in [-0.2, -0.15) is 0 Å². The third kappa shape index (κ3) is 3.34. The highest BCUT2D eigenvalue weighted by Gasteiger charge is 2.20. The number of ether oxygens (including phenoxy) is 1. The molecule has 2 nitrogen and oxygen atoms in total. The van der Waals surface area contributed by atoms with Crippen molar-refractivity contribution in [3.63, 3.8) is 0 Å².